The predicted octanol–water partition coefficient (Wildman–Crippen LogP) is 5.00. The summed E-state index contributed by atoms with van der Waals surface area (Å²) in [5, 5.41) is 5.02. The quantitative estimate of drug-likeness (QED) is 0.0650. The van der Waals surface area contributed by atoms with Crippen LogP contribution in [0.3, 0.4) is 0 Å². The molecule has 0 aliphatic carbocycles. The number of hydrogen-bond acceptors (Lipinski definition) is 11. The van der Waals surface area contributed by atoms with E-state index in [0.717, 1.165) is 21.0 Å². The SMILES string of the molecule is Cc1ccc(S(=O)(=O)O)cc1CCOCCOCCOCCOCCOCC(=O)Nc1ccc(N(S)C(=O)NC(=O)c2ccc(C(C)(C)C)cc2)cc1. The van der Waals surface area contributed by atoms with Gasteiger partial charge in [0.1, 0.15) is 6.61 Å². The van der Waals surface area contributed by atoms with Gasteiger partial charge in [-0.15, -0.1) is 0 Å². The molecule has 53 heavy (non-hydrogen) atoms. The standard InChI is InChI=1S/C37H49N3O11S2/c1-27-5-14-33(53(44,45)46)25-29(27)15-16-47-17-18-48-19-20-49-21-22-50-23-24-51-26-34(41)38-31-10-12-32(13-11-31)40(52)36(43)39-35(42)28-6-8-30(9-7-28)37(2,3)4/h5-14,25,52H,15-24,26H2,1-4H3,(H,38,41)(H,39,42,43)(H,44,45,46). The minimum atomic E-state index is -4.24. The van der Waals surface area contributed by atoms with Gasteiger partial charge in [0.05, 0.1) is 70.0 Å². The summed E-state index contributed by atoms with van der Waals surface area (Å²) in [6.07, 6.45) is 0.506. The molecule has 0 aliphatic rings. The lowest BCUT2D eigenvalue weighted by Crippen LogP contribution is -2.38. The van der Waals surface area contributed by atoms with Crippen molar-refractivity contribution in [3.63, 3.8) is 0 Å². The molecule has 0 heterocycles. The fourth-order valence-electron chi connectivity index (χ4n) is 4.65. The molecule has 0 atom stereocenters. The second-order valence-corrected chi connectivity index (χ2v) is 14.6. The summed E-state index contributed by atoms with van der Waals surface area (Å²) in [5.41, 5.74) is 3.94. The first-order valence-corrected chi connectivity index (χ1v) is 18.8. The minimum Gasteiger partial charge on any atom is -0.379 e. The number of ether oxygens (including phenoxy) is 5. The fraction of sp³-hybridized carbons (Fsp3) is 0.432. The number of carbonyl (C=O) groups excluding carboxylic acids is 3. The van der Waals surface area contributed by atoms with Crippen molar-refractivity contribution in [3.05, 3.63) is 89.0 Å². The van der Waals surface area contributed by atoms with Gasteiger partial charge in [0.25, 0.3) is 16.0 Å². The Labute approximate surface area is 316 Å². The Bertz CT molecular complexity index is 1730. The van der Waals surface area contributed by atoms with Crippen LogP contribution in [0.4, 0.5) is 16.2 Å². The van der Waals surface area contributed by atoms with Crippen molar-refractivity contribution in [3.8, 4) is 0 Å². The molecule has 3 N–H and O–H groups in total. The van der Waals surface area contributed by atoms with Crippen molar-refractivity contribution in [2.45, 2.75) is 44.4 Å². The molecule has 16 heteroatoms. The molecule has 14 nitrogen and oxygen atoms in total. The molecule has 290 valence electrons. The summed E-state index contributed by atoms with van der Waals surface area (Å²) in [7, 11) is -4.24. The molecular formula is C37H49N3O11S2. The monoisotopic (exact) mass is 775 g/mol. The Kier molecular flexibility index (Phi) is 17.9. The first-order valence-electron chi connectivity index (χ1n) is 17.0. The first kappa shape index (κ1) is 43.5. The number of aryl methyl sites for hydroxylation is 1. The number of nitrogens with zero attached hydrogens (tertiary/aromatic N) is 1. The molecule has 0 unspecified atom stereocenters. The number of nitrogens with one attached hydrogen (secondary N) is 2. The van der Waals surface area contributed by atoms with Gasteiger partial charge in [0.2, 0.25) is 5.91 Å². The summed E-state index contributed by atoms with van der Waals surface area (Å²) < 4.78 is 60.1. The topological polar surface area (TPSA) is 179 Å². The fourth-order valence-corrected chi connectivity index (χ4v) is 5.36. The third kappa shape index (κ3) is 16.0. The van der Waals surface area contributed by atoms with Crippen LogP contribution in [-0.4, -0.2) is 96.9 Å². The summed E-state index contributed by atoms with van der Waals surface area (Å²) in [5.74, 6) is -0.911. The zero-order chi connectivity index (χ0) is 38.9. The van der Waals surface area contributed by atoms with Gasteiger partial charge in [-0.05, 0) is 84.0 Å². The average Bonchev–Trinajstić information content (AvgIpc) is 3.11. The number of amides is 4. The van der Waals surface area contributed by atoms with Gasteiger partial charge in [-0.25, -0.2) is 9.10 Å². The van der Waals surface area contributed by atoms with E-state index in [1.165, 1.54) is 12.1 Å². The number of imide groups is 1. The lowest BCUT2D eigenvalue weighted by Gasteiger charge is -2.19. The van der Waals surface area contributed by atoms with Crippen molar-refractivity contribution >= 4 is 52.2 Å². The number of anilines is 2. The van der Waals surface area contributed by atoms with E-state index in [4.69, 9.17) is 23.7 Å². The molecule has 0 aromatic heterocycles. The van der Waals surface area contributed by atoms with E-state index in [9.17, 15) is 27.4 Å². The van der Waals surface area contributed by atoms with Gasteiger partial charge in [0.15, 0.2) is 0 Å². The van der Waals surface area contributed by atoms with Gasteiger partial charge in [-0.1, -0.05) is 51.8 Å². The Morgan fingerprint density at radius 2 is 1.28 bits per heavy atom. The minimum absolute atomic E-state index is 0.0600. The molecule has 3 aromatic rings. The Hall–Kier alpha value is -3.87. The van der Waals surface area contributed by atoms with Crippen molar-refractivity contribution in [1.29, 1.82) is 0 Å². The molecule has 0 fully saturated rings. The van der Waals surface area contributed by atoms with Crippen LogP contribution in [0, 0.1) is 6.92 Å². The molecule has 4 amide bonds. The van der Waals surface area contributed by atoms with E-state index in [1.54, 1.807) is 42.5 Å². The van der Waals surface area contributed by atoms with Crippen LogP contribution >= 0.6 is 12.8 Å². The van der Waals surface area contributed by atoms with E-state index in [1.807, 2.05) is 19.1 Å². The summed E-state index contributed by atoms with van der Waals surface area (Å²) in [4.78, 5) is 37.3. The first-order chi connectivity index (χ1) is 25.1. The summed E-state index contributed by atoms with van der Waals surface area (Å²) in [6.45, 7) is 11.0. The molecule has 0 spiro atoms. The highest BCUT2D eigenvalue weighted by molar-refractivity contribution is 7.85. The highest BCUT2D eigenvalue weighted by Crippen LogP contribution is 2.23. The second kappa shape index (κ2) is 21.7. The van der Waals surface area contributed by atoms with Crippen molar-refractivity contribution < 1.29 is 51.0 Å². The number of thiol groups is 1. The number of benzene rings is 3. The maximum atomic E-state index is 12.6. The zero-order valence-corrected chi connectivity index (χ0v) is 32.2. The number of rotatable bonds is 21. The number of hydrogen-bond donors (Lipinski definition) is 4. The van der Waals surface area contributed by atoms with Crippen LogP contribution in [0.15, 0.2) is 71.6 Å². The van der Waals surface area contributed by atoms with Crippen molar-refractivity contribution in [1.82, 2.24) is 5.32 Å². The smallest absolute Gasteiger partial charge is 0.338 e. The van der Waals surface area contributed by atoms with Crippen LogP contribution in [0.25, 0.3) is 0 Å². The van der Waals surface area contributed by atoms with E-state index in [2.05, 4.69) is 44.2 Å². The summed E-state index contributed by atoms with van der Waals surface area (Å²) >= 11 is 4.21. The molecule has 0 saturated heterocycles. The maximum Gasteiger partial charge on any atom is 0.338 e. The van der Waals surface area contributed by atoms with Crippen LogP contribution < -0.4 is 14.9 Å². The second-order valence-electron chi connectivity index (χ2n) is 12.8. The van der Waals surface area contributed by atoms with Crippen LogP contribution in [0.2, 0.25) is 0 Å². The zero-order valence-electron chi connectivity index (χ0n) is 30.5. The average molecular weight is 776 g/mol. The Morgan fingerprint density at radius 3 is 1.81 bits per heavy atom. The molecule has 0 aliphatic heterocycles. The lowest BCUT2D eigenvalue weighted by molar-refractivity contribution is -0.121. The van der Waals surface area contributed by atoms with E-state index in [-0.39, 0.29) is 36.0 Å². The van der Waals surface area contributed by atoms with Gasteiger partial charge < -0.3 is 29.0 Å². The molecule has 0 radical (unpaired) electrons. The molecule has 0 bridgehead atoms. The molecular weight excluding hydrogens is 727 g/mol. The van der Waals surface area contributed by atoms with Crippen molar-refractivity contribution in [2.24, 2.45) is 0 Å². The van der Waals surface area contributed by atoms with Gasteiger partial charge in [-0.3, -0.25) is 19.5 Å². The lowest BCUT2D eigenvalue weighted by atomic mass is 9.87. The van der Waals surface area contributed by atoms with Crippen LogP contribution in [-0.2, 0) is 50.4 Å². The van der Waals surface area contributed by atoms with Crippen LogP contribution in [0.1, 0.15) is 47.8 Å². The summed E-state index contributed by atoms with van der Waals surface area (Å²) in [6, 6.07) is 17.2. The maximum absolute atomic E-state index is 12.6. The highest BCUT2D eigenvalue weighted by atomic mass is 32.2. The normalized spacial score (nSPS) is 11.7. The van der Waals surface area contributed by atoms with Gasteiger partial charge in [0, 0.05) is 11.3 Å². The van der Waals surface area contributed by atoms with E-state index >= 15 is 0 Å². The number of urea groups is 1. The van der Waals surface area contributed by atoms with Crippen LogP contribution in [0.5, 0.6) is 0 Å². The van der Waals surface area contributed by atoms with Gasteiger partial charge >= 0.3 is 6.03 Å². The Balaban J connectivity index is 1.16. The van der Waals surface area contributed by atoms with E-state index in [0.29, 0.717) is 69.6 Å². The molecule has 3 rings (SSSR count). The largest absolute Gasteiger partial charge is 0.379 e. The number of carbonyl (C=O) groups is 3. The van der Waals surface area contributed by atoms with E-state index < -0.39 is 22.1 Å². The van der Waals surface area contributed by atoms with Crippen molar-refractivity contribution in [2.75, 3.05) is 75.7 Å². The third-order valence-electron chi connectivity index (χ3n) is 7.68. The highest BCUT2D eigenvalue weighted by Gasteiger charge is 2.19. The molecule has 3 aromatic carbocycles. The Morgan fingerprint density at radius 1 is 0.755 bits per heavy atom. The van der Waals surface area contributed by atoms with Gasteiger partial charge in [-0.2, -0.15) is 8.42 Å². The predicted molar refractivity (Wildman–Crippen MR) is 203 cm³/mol. The third-order valence-corrected chi connectivity index (χ3v) is 8.94. The molecule has 0 saturated carbocycles.